The molecule has 2 rings (SSSR count). The number of nitriles is 1. The van der Waals surface area contributed by atoms with Gasteiger partial charge in [-0.1, -0.05) is 13.8 Å². The molecule has 1 aromatic rings. The van der Waals surface area contributed by atoms with E-state index in [1.807, 2.05) is 6.07 Å². The zero-order chi connectivity index (χ0) is 16.3. The third-order valence-corrected chi connectivity index (χ3v) is 4.12. The maximum atomic E-state index is 12.1. The molecule has 1 aromatic heterocycles. The number of aromatic nitrogens is 1. The molecule has 1 saturated heterocycles. The first-order chi connectivity index (χ1) is 10.4. The molecule has 120 valence electrons. The van der Waals surface area contributed by atoms with E-state index < -0.39 is 0 Å². The molecule has 6 nitrogen and oxygen atoms in total. The van der Waals surface area contributed by atoms with Crippen LogP contribution in [0.2, 0.25) is 0 Å². The number of rotatable bonds is 4. The summed E-state index contributed by atoms with van der Waals surface area (Å²) in [6, 6.07) is 2.14. The Morgan fingerprint density at radius 2 is 2.14 bits per heavy atom. The van der Waals surface area contributed by atoms with Crippen LogP contribution in [0.5, 0.6) is 0 Å². The normalized spacial score (nSPS) is 23.8. The van der Waals surface area contributed by atoms with Crippen molar-refractivity contribution in [3.63, 3.8) is 0 Å². The van der Waals surface area contributed by atoms with Crippen LogP contribution in [0.3, 0.4) is 0 Å². The van der Waals surface area contributed by atoms with Gasteiger partial charge in [-0.15, -0.1) is 0 Å². The molecule has 1 N–H and O–H groups in total. The van der Waals surface area contributed by atoms with Gasteiger partial charge < -0.3 is 9.73 Å². The second kappa shape index (κ2) is 6.93. The first kappa shape index (κ1) is 16.5. The molecule has 1 aliphatic rings. The molecule has 6 heteroatoms. The number of hydrogen-bond donors (Lipinski definition) is 1. The molecule has 1 amide bonds. The zero-order valence-electron chi connectivity index (χ0n) is 13.7. The fraction of sp³-hybridized carbons (Fsp3) is 0.688. The van der Waals surface area contributed by atoms with Crippen molar-refractivity contribution in [3.05, 3.63) is 17.3 Å². The summed E-state index contributed by atoms with van der Waals surface area (Å²) >= 11 is 0. The van der Waals surface area contributed by atoms with E-state index >= 15 is 0 Å². The highest BCUT2D eigenvalue weighted by molar-refractivity contribution is 5.93. The predicted molar refractivity (Wildman–Crippen MR) is 82.3 cm³/mol. The van der Waals surface area contributed by atoms with Crippen molar-refractivity contribution in [1.29, 1.82) is 5.26 Å². The van der Waals surface area contributed by atoms with Gasteiger partial charge in [-0.2, -0.15) is 5.26 Å². The zero-order valence-corrected chi connectivity index (χ0v) is 13.7. The lowest BCUT2D eigenvalue weighted by atomic mass is 9.91. The monoisotopic (exact) mass is 304 g/mol. The van der Waals surface area contributed by atoms with Crippen molar-refractivity contribution in [2.75, 3.05) is 19.6 Å². The van der Waals surface area contributed by atoms with E-state index in [9.17, 15) is 4.79 Å². The van der Waals surface area contributed by atoms with E-state index in [4.69, 9.17) is 9.68 Å². The van der Waals surface area contributed by atoms with E-state index in [1.54, 1.807) is 6.92 Å². The number of oxazole rings is 1. The van der Waals surface area contributed by atoms with Gasteiger partial charge in [-0.05, 0) is 25.2 Å². The van der Waals surface area contributed by atoms with Gasteiger partial charge in [0.25, 0.3) is 5.91 Å². The summed E-state index contributed by atoms with van der Waals surface area (Å²) in [6.45, 7) is 10.9. The topological polar surface area (TPSA) is 82.2 Å². The highest BCUT2D eigenvalue weighted by Crippen LogP contribution is 2.22. The minimum Gasteiger partial charge on any atom is -0.434 e. The van der Waals surface area contributed by atoms with Crippen molar-refractivity contribution in [1.82, 2.24) is 15.2 Å². The van der Waals surface area contributed by atoms with Crippen LogP contribution >= 0.6 is 0 Å². The average Bonchev–Trinajstić information content (AvgIpc) is 2.84. The number of hydrogen-bond acceptors (Lipinski definition) is 5. The lowest BCUT2D eigenvalue weighted by Crippen LogP contribution is -2.48. The van der Waals surface area contributed by atoms with Gasteiger partial charge in [0.05, 0.1) is 0 Å². The summed E-state index contributed by atoms with van der Waals surface area (Å²) in [7, 11) is 0. The number of aryl methyl sites for hydroxylation is 1. The average molecular weight is 304 g/mol. The summed E-state index contributed by atoms with van der Waals surface area (Å²) in [4.78, 5) is 18.4. The SMILES string of the molecule is Cc1nc(C#N)c(C(=O)NC[C@H](C)N2C[C@H](C)C[C@H](C)C2)o1. The number of likely N-dealkylation sites (tertiary alicyclic amines) is 1. The van der Waals surface area contributed by atoms with Gasteiger partial charge in [0.2, 0.25) is 5.76 Å². The van der Waals surface area contributed by atoms with Crippen LogP contribution in [0, 0.1) is 30.1 Å². The van der Waals surface area contributed by atoms with Crippen LogP contribution in [-0.2, 0) is 0 Å². The molecular weight excluding hydrogens is 280 g/mol. The highest BCUT2D eigenvalue weighted by Gasteiger charge is 2.26. The fourth-order valence-corrected chi connectivity index (χ4v) is 3.18. The minimum absolute atomic E-state index is 0.00702. The third kappa shape index (κ3) is 3.86. The van der Waals surface area contributed by atoms with E-state index in [2.05, 4.69) is 36.0 Å². The van der Waals surface area contributed by atoms with Gasteiger partial charge in [0.1, 0.15) is 6.07 Å². The Morgan fingerprint density at radius 3 is 2.73 bits per heavy atom. The largest absolute Gasteiger partial charge is 0.434 e. The molecule has 0 saturated carbocycles. The van der Waals surface area contributed by atoms with Crippen LogP contribution < -0.4 is 5.32 Å². The van der Waals surface area contributed by atoms with E-state index in [0.29, 0.717) is 24.3 Å². The van der Waals surface area contributed by atoms with E-state index in [-0.39, 0.29) is 23.4 Å². The number of piperidine rings is 1. The second-order valence-corrected chi connectivity index (χ2v) is 6.48. The van der Waals surface area contributed by atoms with E-state index in [1.165, 1.54) is 6.42 Å². The Kier molecular flexibility index (Phi) is 5.19. The number of nitrogens with one attached hydrogen (secondary N) is 1. The molecule has 22 heavy (non-hydrogen) atoms. The molecular formula is C16H24N4O2. The summed E-state index contributed by atoms with van der Waals surface area (Å²) in [5, 5.41) is 11.8. The van der Waals surface area contributed by atoms with Crippen molar-refractivity contribution >= 4 is 5.91 Å². The molecule has 1 aliphatic heterocycles. The molecule has 3 atom stereocenters. The summed E-state index contributed by atoms with van der Waals surface area (Å²) in [5.41, 5.74) is 0.0443. The molecule has 0 spiro atoms. The molecule has 0 aliphatic carbocycles. The molecule has 1 fully saturated rings. The first-order valence-corrected chi connectivity index (χ1v) is 7.80. The van der Waals surface area contributed by atoms with E-state index in [0.717, 1.165) is 13.1 Å². The quantitative estimate of drug-likeness (QED) is 0.919. The van der Waals surface area contributed by atoms with Gasteiger partial charge in [0.15, 0.2) is 11.6 Å². The molecule has 0 aromatic carbocycles. The van der Waals surface area contributed by atoms with Crippen LogP contribution in [0.15, 0.2) is 4.42 Å². The van der Waals surface area contributed by atoms with Gasteiger partial charge in [-0.25, -0.2) is 4.98 Å². The Morgan fingerprint density at radius 1 is 1.50 bits per heavy atom. The minimum atomic E-state index is -0.373. The Balaban J connectivity index is 1.92. The number of carbonyl (C=O) groups is 1. The maximum absolute atomic E-state index is 12.1. The van der Waals surface area contributed by atoms with Crippen LogP contribution in [0.4, 0.5) is 0 Å². The predicted octanol–water partition coefficient (Wildman–Crippen LogP) is 1.95. The van der Waals surface area contributed by atoms with Crippen LogP contribution in [0.1, 0.15) is 49.3 Å². The van der Waals surface area contributed by atoms with Gasteiger partial charge in [-0.3, -0.25) is 9.69 Å². The molecule has 0 bridgehead atoms. The van der Waals surface area contributed by atoms with Gasteiger partial charge >= 0.3 is 0 Å². The van der Waals surface area contributed by atoms with Crippen molar-refractivity contribution < 1.29 is 9.21 Å². The number of carbonyl (C=O) groups excluding carboxylic acids is 1. The van der Waals surface area contributed by atoms with Crippen molar-refractivity contribution in [2.24, 2.45) is 11.8 Å². The Bertz CT molecular complexity index is 565. The lowest BCUT2D eigenvalue weighted by molar-refractivity contribution is 0.0846. The molecule has 0 radical (unpaired) electrons. The fourth-order valence-electron chi connectivity index (χ4n) is 3.18. The molecule has 2 heterocycles. The number of amides is 1. The smallest absolute Gasteiger partial charge is 0.290 e. The summed E-state index contributed by atoms with van der Waals surface area (Å²) in [5.74, 6) is 1.33. The summed E-state index contributed by atoms with van der Waals surface area (Å²) in [6.07, 6.45) is 1.26. The second-order valence-electron chi connectivity index (χ2n) is 6.48. The van der Waals surface area contributed by atoms with Crippen molar-refractivity contribution in [2.45, 2.75) is 40.2 Å². The third-order valence-electron chi connectivity index (χ3n) is 4.12. The van der Waals surface area contributed by atoms with Gasteiger partial charge in [0, 0.05) is 32.6 Å². The highest BCUT2D eigenvalue weighted by atomic mass is 16.4. The number of nitrogens with zero attached hydrogens (tertiary/aromatic N) is 3. The summed E-state index contributed by atoms with van der Waals surface area (Å²) < 4.78 is 5.22. The first-order valence-electron chi connectivity index (χ1n) is 7.80. The molecule has 0 unspecified atom stereocenters. The lowest BCUT2D eigenvalue weighted by Gasteiger charge is -2.38. The Labute approximate surface area is 131 Å². The van der Waals surface area contributed by atoms with Crippen LogP contribution in [0.25, 0.3) is 0 Å². The van der Waals surface area contributed by atoms with Crippen molar-refractivity contribution in [3.8, 4) is 6.07 Å². The van der Waals surface area contributed by atoms with Crippen LogP contribution in [-0.4, -0.2) is 41.5 Å². The Hall–Kier alpha value is -1.87. The maximum Gasteiger partial charge on any atom is 0.290 e. The standard InChI is InChI=1S/C16H24N4O2/c1-10-5-11(2)9-20(8-10)12(3)7-18-16(21)15-14(6-17)19-13(4)22-15/h10-12H,5,7-9H2,1-4H3,(H,18,21)/t10-,11+,12-/m0/s1.